The number of benzene rings is 2. The molecule has 2 aromatic carbocycles. The minimum atomic E-state index is -0.246. The van der Waals surface area contributed by atoms with Crippen molar-refractivity contribution in [2.24, 2.45) is 0 Å². The minimum absolute atomic E-state index is 0.0550. The van der Waals surface area contributed by atoms with E-state index in [1.165, 1.54) is 6.07 Å². The fourth-order valence-corrected chi connectivity index (χ4v) is 1.77. The Labute approximate surface area is 118 Å². The number of aromatic hydroxyl groups is 1. The number of ether oxygens (including phenoxy) is 1. The molecule has 0 aromatic heterocycles. The molecule has 4 nitrogen and oxygen atoms in total. The summed E-state index contributed by atoms with van der Waals surface area (Å²) in [7, 11) is 0. The van der Waals surface area contributed by atoms with E-state index in [1.807, 2.05) is 19.9 Å². The highest BCUT2D eigenvalue weighted by Crippen LogP contribution is 2.18. The number of carbonyl (C=O) groups is 1. The van der Waals surface area contributed by atoms with E-state index in [2.05, 4.69) is 5.32 Å². The molecule has 0 aliphatic rings. The van der Waals surface area contributed by atoms with Gasteiger partial charge in [-0.05, 0) is 44.2 Å². The summed E-state index contributed by atoms with van der Waals surface area (Å²) < 4.78 is 5.55. The molecule has 0 radical (unpaired) electrons. The highest BCUT2D eigenvalue weighted by molar-refractivity contribution is 6.04. The van der Waals surface area contributed by atoms with Gasteiger partial charge in [-0.15, -0.1) is 0 Å². The Bertz CT molecular complexity index is 608. The fourth-order valence-electron chi connectivity index (χ4n) is 1.77. The number of phenolic OH excluding ortho intramolecular Hbond substituents is 1. The van der Waals surface area contributed by atoms with E-state index in [-0.39, 0.29) is 17.8 Å². The summed E-state index contributed by atoms with van der Waals surface area (Å²) >= 11 is 0. The number of rotatable bonds is 4. The molecule has 0 saturated heterocycles. The molecule has 0 atom stereocenters. The lowest BCUT2D eigenvalue weighted by atomic mass is 10.2. The summed E-state index contributed by atoms with van der Waals surface area (Å²) in [6, 6.07) is 13.4. The molecule has 2 aromatic rings. The fraction of sp³-hybridized carbons (Fsp3) is 0.188. The summed E-state index contributed by atoms with van der Waals surface area (Å²) in [5.41, 5.74) is 1.05. The summed E-state index contributed by atoms with van der Waals surface area (Å²) in [5.74, 6) is 0.521. The Morgan fingerprint density at radius 1 is 1.15 bits per heavy atom. The summed E-state index contributed by atoms with van der Waals surface area (Å²) in [6.45, 7) is 3.86. The second-order valence-corrected chi connectivity index (χ2v) is 4.70. The molecule has 20 heavy (non-hydrogen) atoms. The van der Waals surface area contributed by atoms with Gasteiger partial charge in [0, 0.05) is 17.3 Å². The van der Waals surface area contributed by atoms with Crippen molar-refractivity contribution in [2.75, 3.05) is 5.32 Å². The highest BCUT2D eigenvalue weighted by Gasteiger charge is 2.08. The topological polar surface area (TPSA) is 58.6 Å². The molecule has 2 N–H and O–H groups in total. The summed E-state index contributed by atoms with van der Waals surface area (Å²) in [5, 5.41) is 12.1. The largest absolute Gasteiger partial charge is 0.508 e. The van der Waals surface area contributed by atoms with E-state index in [0.29, 0.717) is 17.0 Å². The molecule has 0 aliphatic carbocycles. The number of amides is 1. The Morgan fingerprint density at radius 2 is 1.90 bits per heavy atom. The second-order valence-electron chi connectivity index (χ2n) is 4.70. The molecule has 0 heterocycles. The second kappa shape index (κ2) is 6.10. The molecule has 104 valence electrons. The van der Waals surface area contributed by atoms with Crippen LogP contribution >= 0.6 is 0 Å². The van der Waals surface area contributed by atoms with Crippen molar-refractivity contribution >= 4 is 11.6 Å². The lowest BCUT2D eigenvalue weighted by Crippen LogP contribution is -2.12. The molecule has 0 spiro atoms. The maximum Gasteiger partial charge on any atom is 0.255 e. The van der Waals surface area contributed by atoms with Crippen LogP contribution < -0.4 is 10.1 Å². The number of hydrogen-bond acceptors (Lipinski definition) is 3. The molecule has 0 fully saturated rings. The number of anilines is 1. The Kier molecular flexibility index (Phi) is 4.25. The zero-order valence-corrected chi connectivity index (χ0v) is 11.5. The van der Waals surface area contributed by atoms with Crippen LogP contribution in [0.2, 0.25) is 0 Å². The minimum Gasteiger partial charge on any atom is -0.508 e. The van der Waals surface area contributed by atoms with Crippen LogP contribution in [0.25, 0.3) is 0 Å². The normalized spacial score (nSPS) is 10.3. The molecule has 1 amide bonds. The van der Waals surface area contributed by atoms with Crippen molar-refractivity contribution < 1.29 is 14.6 Å². The van der Waals surface area contributed by atoms with Gasteiger partial charge < -0.3 is 15.2 Å². The molecule has 0 unspecified atom stereocenters. The predicted octanol–water partition coefficient (Wildman–Crippen LogP) is 3.43. The smallest absolute Gasteiger partial charge is 0.255 e. The zero-order valence-electron chi connectivity index (χ0n) is 11.5. The van der Waals surface area contributed by atoms with Crippen LogP contribution in [0.4, 0.5) is 5.69 Å². The number of nitrogens with one attached hydrogen (secondary N) is 1. The summed E-state index contributed by atoms with van der Waals surface area (Å²) in [6.07, 6.45) is 0.0550. The third-order valence-electron chi connectivity index (χ3n) is 2.57. The lowest BCUT2D eigenvalue weighted by Gasteiger charge is -2.11. The molecular weight excluding hydrogens is 254 g/mol. The first-order chi connectivity index (χ1) is 9.54. The quantitative estimate of drug-likeness (QED) is 0.895. The van der Waals surface area contributed by atoms with Gasteiger partial charge in [0.2, 0.25) is 0 Å². The van der Waals surface area contributed by atoms with Crippen molar-refractivity contribution in [2.45, 2.75) is 20.0 Å². The van der Waals surface area contributed by atoms with Gasteiger partial charge in [-0.1, -0.05) is 12.1 Å². The van der Waals surface area contributed by atoms with Gasteiger partial charge in [-0.2, -0.15) is 0 Å². The molecule has 0 bridgehead atoms. The number of phenols is 1. The van der Waals surface area contributed by atoms with Crippen LogP contribution in [0.1, 0.15) is 24.2 Å². The van der Waals surface area contributed by atoms with Crippen LogP contribution in [0.15, 0.2) is 48.5 Å². The van der Waals surface area contributed by atoms with Gasteiger partial charge in [0.05, 0.1) is 6.10 Å². The molecule has 4 heteroatoms. The van der Waals surface area contributed by atoms with Crippen molar-refractivity contribution in [3.63, 3.8) is 0 Å². The van der Waals surface area contributed by atoms with Crippen molar-refractivity contribution in [3.05, 3.63) is 54.1 Å². The van der Waals surface area contributed by atoms with Crippen LogP contribution in [-0.2, 0) is 0 Å². The molecular formula is C16H17NO3. The van der Waals surface area contributed by atoms with E-state index in [4.69, 9.17) is 4.74 Å². The SMILES string of the molecule is CC(C)Oc1cccc(C(=O)Nc2cccc(O)c2)c1. The van der Waals surface area contributed by atoms with Gasteiger partial charge in [0.25, 0.3) is 5.91 Å². The van der Waals surface area contributed by atoms with Crippen molar-refractivity contribution in [1.82, 2.24) is 0 Å². The van der Waals surface area contributed by atoms with E-state index in [1.54, 1.807) is 36.4 Å². The van der Waals surface area contributed by atoms with Gasteiger partial charge >= 0.3 is 0 Å². The van der Waals surface area contributed by atoms with E-state index in [0.717, 1.165) is 0 Å². The third-order valence-corrected chi connectivity index (χ3v) is 2.57. The van der Waals surface area contributed by atoms with E-state index in [9.17, 15) is 9.90 Å². The molecule has 0 saturated carbocycles. The Hall–Kier alpha value is -2.49. The van der Waals surface area contributed by atoms with Crippen LogP contribution in [-0.4, -0.2) is 17.1 Å². The van der Waals surface area contributed by atoms with Crippen LogP contribution in [0.5, 0.6) is 11.5 Å². The van der Waals surface area contributed by atoms with Gasteiger partial charge in [-0.25, -0.2) is 0 Å². The van der Waals surface area contributed by atoms with Crippen molar-refractivity contribution in [1.29, 1.82) is 0 Å². The first-order valence-corrected chi connectivity index (χ1v) is 6.41. The first-order valence-electron chi connectivity index (χ1n) is 6.41. The monoisotopic (exact) mass is 271 g/mol. The standard InChI is InChI=1S/C16H17NO3/c1-11(2)20-15-8-3-5-12(9-15)16(19)17-13-6-4-7-14(18)10-13/h3-11,18H,1-2H3,(H,17,19). The van der Waals surface area contributed by atoms with Gasteiger partial charge in [0.1, 0.15) is 11.5 Å². The van der Waals surface area contributed by atoms with Crippen molar-refractivity contribution in [3.8, 4) is 11.5 Å². The maximum atomic E-state index is 12.1. The average Bonchev–Trinajstić information content (AvgIpc) is 2.38. The van der Waals surface area contributed by atoms with Gasteiger partial charge in [-0.3, -0.25) is 4.79 Å². The zero-order chi connectivity index (χ0) is 14.5. The van der Waals surface area contributed by atoms with E-state index >= 15 is 0 Å². The summed E-state index contributed by atoms with van der Waals surface area (Å²) in [4.78, 5) is 12.1. The average molecular weight is 271 g/mol. The predicted molar refractivity (Wildman–Crippen MR) is 78.3 cm³/mol. The third kappa shape index (κ3) is 3.75. The Morgan fingerprint density at radius 3 is 2.60 bits per heavy atom. The van der Waals surface area contributed by atoms with E-state index < -0.39 is 0 Å². The molecule has 2 rings (SSSR count). The number of hydrogen-bond donors (Lipinski definition) is 2. The molecule has 0 aliphatic heterocycles. The Balaban J connectivity index is 2.13. The maximum absolute atomic E-state index is 12.1. The van der Waals surface area contributed by atoms with Crippen LogP contribution in [0, 0.1) is 0 Å². The van der Waals surface area contributed by atoms with Crippen LogP contribution in [0.3, 0.4) is 0 Å². The lowest BCUT2D eigenvalue weighted by molar-refractivity contribution is 0.102. The highest BCUT2D eigenvalue weighted by atomic mass is 16.5. The number of carbonyl (C=O) groups excluding carboxylic acids is 1. The first kappa shape index (κ1) is 13.9. The van der Waals surface area contributed by atoms with Gasteiger partial charge in [0.15, 0.2) is 0 Å².